The molecule has 10 heteroatoms. The highest BCUT2D eigenvalue weighted by atomic mass is 35.5. The van der Waals surface area contributed by atoms with Gasteiger partial charge in [-0.05, 0) is 54.1 Å². The van der Waals surface area contributed by atoms with E-state index in [1.165, 1.54) is 36.0 Å². The second kappa shape index (κ2) is 9.44. The average Bonchev–Trinajstić information content (AvgIpc) is 3.56. The summed E-state index contributed by atoms with van der Waals surface area (Å²) in [6.07, 6.45) is 2.07. The number of rotatable bonds is 5. The SMILES string of the molecule is O=C(C[C@H]1SC(N2N=C(c3ccc(Cl)cc3)C[C@H]2c2ccco2)=NC1=O)Nc1ccc(F)cc1. The lowest BCUT2D eigenvalue weighted by molar-refractivity contribution is -0.121. The van der Waals surface area contributed by atoms with Gasteiger partial charge in [-0.25, -0.2) is 9.40 Å². The van der Waals surface area contributed by atoms with Crippen molar-refractivity contribution in [1.29, 1.82) is 0 Å². The van der Waals surface area contributed by atoms with Crippen molar-refractivity contribution in [3.8, 4) is 0 Å². The van der Waals surface area contributed by atoms with Gasteiger partial charge in [0.1, 0.15) is 22.9 Å². The van der Waals surface area contributed by atoms with Gasteiger partial charge in [0, 0.05) is 23.6 Å². The van der Waals surface area contributed by atoms with Crippen molar-refractivity contribution in [1.82, 2.24) is 5.01 Å². The number of nitrogens with one attached hydrogen (secondary N) is 1. The third-order valence-corrected chi connectivity index (χ3v) is 6.78. The first kappa shape index (κ1) is 22.4. The molecule has 2 aliphatic heterocycles. The molecule has 2 atom stereocenters. The molecule has 0 fully saturated rings. The van der Waals surface area contributed by atoms with Gasteiger partial charge in [0.15, 0.2) is 5.17 Å². The number of amidine groups is 1. The van der Waals surface area contributed by atoms with E-state index in [9.17, 15) is 14.0 Å². The topological polar surface area (TPSA) is 87.3 Å². The van der Waals surface area contributed by atoms with Crippen LogP contribution in [0.5, 0.6) is 0 Å². The molecule has 0 aliphatic carbocycles. The Bertz CT molecular complexity index is 1280. The standard InChI is InChI=1S/C24H18ClFN4O3S/c25-15-5-3-14(4-6-15)18-12-19(20-2-1-11-33-20)30(29-18)24-28-23(32)21(34-24)13-22(31)27-17-9-7-16(26)8-10-17/h1-11,19,21H,12-13H2,(H,27,31)/t19-,21+/m0/s1. The fourth-order valence-electron chi connectivity index (χ4n) is 3.72. The molecule has 34 heavy (non-hydrogen) atoms. The van der Waals surface area contributed by atoms with E-state index in [1.54, 1.807) is 29.5 Å². The summed E-state index contributed by atoms with van der Waals surface area (Å²) in [5, 5.41) is 9.46. The number of furan rings is 1. The number of aliphatic imine (C=N–C) groups is 1. The molecule has 7 nitrogen and oxygen atoms in total. The number of carbonyl (C=O) groups excluding carboxylic acids is 2. The predicted octanol–water partition coefficient (Wildman–Crippen LogP) is 5.25. The minimum atomic E-state index is -0.678. The molecule has 1 N–H and O–H groups in total. The molecule has 3 aromatic rings. The van der Waals surface area contributed by atoms with Crippen molar-refractivity contribution in [2.24, 2.45) is 10.1 Å². The monoisotopic (exact) mass is 496 g/mol. The van der Waals surface area contributed by atoms with Crippen LogP contribution in [0, 0.1) is 5.82 Å². The van der Waals surface area contributed by atoms with Crippen molar-refractivity contribution >= 4 is 51.7 Å². The minimum Gasteiger partial charge on any atom is -0.467 e. The lowest BCUT2D eigenvalue weighted by atomic mass is 10.0. The highest BCUT2D eigenvalue weighted by Gasteiger charge is 2.40. The number of anilines is 1. The number of hydrazone groups is 1. The predicted molar refractivity (Wildman–Crippen MR) is 129 cm³/mol. The summed E-state index contributed by atoms with van der Waals surface area (Å²) in [4.78, 5) is 29.3. The van der Waals surface area contributed by atoms with E-state index < -0.39 is 17.0 Å². The van der Waals surface area contributed by atoms with Gasteiger partial charge in [0.05, 0.1) is 12.0 Å². The van der Waals surface area contributed by atoms with Gasteiger partial charge >= 0.3 is 0 Å². The van der Waals surface area contributed by atoms with Gasteiger partial charge in [-0.2, -0.15) is 10.1 Å². The van der Waals surface area contributed by atoms with Crippen LogP contribution in [0.1, 0.15) is 30.2 Å². The maximum absolute atomic E-state index is 13.1. The van der Waals surface area contributed by atoms with Crippen molar-refractivity contribution in [2.75, 3.05) is 5.32 Å². The summed E-state index contributed by atoms with van der Waals surface area (Å²) in [5.74, 6) is -0.459. The first-order valence-corrected chi connectivity index (χ1v) is 11.7. The number of hydrogen-bond donors (Lipinski definition) is 1. The molecule has 172 valence electrons. The molecule has 2 aromatic carbocycles. The van der Waals surface area contributed by atoms with Gasteiger partial charge in [-0.3, -0.25) is 9.59 Å². The quantitative estimate of drug-likeness (QED) is 0.521. The Morgan fingerprint density at radius 2 is 1.94 bits per heavy atom. The molecule has 0 unspecified atom stereocenters. The molecule has 1 aromatic heterocycles. The minimum absolute atomic E-state index is 0.0686. The molecule has 2 aliphatic rings. The zero-order valence-electron chi connectivity index (χ0n) is 17.7. The highest BCUT2D eigenvalue weighted by Crippen LogP contribution is 2.38. The number of halogens is 2. The van der Waals surface area contributed by atoms with E-state index in [-0.39, 0.29) is 18.4 Å². The molecular formula is C24H18ClFN4O3S. The molecule has 3 heterocycles. The van der Waals surface area contributed by atoms with E-state index in [1.807, 2.05) is 18.2 Å². The van der Waals surface area contributed by atoms with Crippen molar-refractivity contribution in [3.05, 3.63) is 89.1 Å². The summed E-state index contributed by atoms with van der Waals surface area (Å²) in [7, 11) is 0. The Balaban J connectivity index is 1.32. The molecule has 0 spiro atoms. The summed E-state index contributed by atoms with van der Waals surface area (Å²) in [5.41, 5.74) is 2.18. The van der Waals surface area contributed by atoms with Crippen LogP contribution >= 0.6 is 23.4 Å². The molecular weight excluding hydrogens is 479 g/mol. The van der Waals surface area contributed by atoms with Gasteiger partial charge in [-0.15, -0.1) is 0 Å². The maximum Gasteiger partial charge on any atom is 0.262 e. The fraction of sp³-hybridized carbons (Fsp3) is 0.167. The fourth-order valence-corrected chi connectivity index (χ4v) is 4.91. The second-order valence-corrected chi connectivity index (χ2v) is 9.34. The normalized spacial score (nSPS) is 19.8. The Labute approximate surface area is 203 Å². The first-order valence-electron chi connectivity index (χ1n) is 10.5. The van der Waals surface area contributed by atoms with E-state index in [4.69, 9.17) is 21.1 Å². The molecule has 0 bridgehead atoms. The molecule has 0 radical (unpaired) electrons. The third kappa shape index (κ3) is 4.76. The lowest BCUT2D eigenvalue weighted by Gasteiger charge is -2.20. The summed E-state index contributed by atoms with van der Waals surface area (Å²) in [6.45, 7) is 0. The van der Waals surface area contributed by atoms with E-state index >= 15 is 0 Å². The van der Waals surface area contributed by atoms with E-state index in [2.05, 4.69) is 10.3 Å². The summed E-state index contributed by atoms with van der Waals surface area (Å²) >= 11 is 7.21. The van der Waals surface area contributed by atoms with Crippen LogP contribution in [-0.4, -0.2) is 33.0 Å². The van der Waals surface area contributed by atoms with E-state index in [0.29, 0.717) is 28.1 Å². The Kier molecular flexibility index (Phi) is 6.21. The highest BCUT2D eigenvalue weighted by molar-refractivity contribution is 8.15. The van der Waals surface area contributed by atoms with Crippen LogP contribution in [0.25, 0.3) is 0 Å². The Hall–Kier alpha value is -3.43. The number of amides is 2. The van der Waals surface area contributed by atoms with Gasteiger partial charge in [-0.1, -0.05) is 35.5 Å². The lowest BCUT2D eigenvalue weighted by Crippen LogP contribution is -2.24. The van der Waals surface area contributed by atoms with Crippen LogP contribution in [0.3, 0.4) is 0 Å². The van der Waals surface area contributed by atoms with Crippen LogP contribution in [0.15, 0.2) is 81.4 Å². The van der Waals surface area contributed by atoms with Crippen molar-refractivity contribution in [2.45, 2.75) is 24.1 Å². The Morgan fingerprint density at radius 1 is 1.18 bits per heavy atom. The van der Waals surface area contributed by atoms with Gasteiger partial charge < -0.3 is 9.73 Å². The van der Waals surface area contributed by atoms with Crippen molar-refractivity contribution in [3.63, 3.8) is 0 Å². The van der Waals surface area contributed by atoms with Gasteiger partial charge in [0.2, 0.25) is 5.91 Å². The molecule has 0 saturated carbocycles. The molecule has 5 rings (SSSR count). The van der Waals surface area contributed by atoms with Crippen LogP contribution in [-0.2, 0) is 9.59 Å². The molecule has 2 amide bonds. The number of hydrogen-bond acceptors (Lipinski definition) is 6. The zero-order valence-corrected chi connectivity index (χ0v) is 19.2. The third-order valence-electron chi connectivity index (χ3n) is 5.38. The van der Waals surface area contributed by atoms with Gasteiger partial charge in [0.25, 0.3) is 5.91 Å². The largest absolute Gasteiger partial charge is 0.467 e. The number of benzene rings is 2. The number of thioether (sulfide) groups is 1. The first-order chi connectivity index (χ1) is 16.5. The maximum atomic E-state index is 13.1. The van der Waals surface area contributed by atoms with Crippen LogP contribution in [0.4, 0.5) is 10.1 Å². The summed E-state index contributed by atoms with van der Waals surface area (Å²) < 4.78 is 18.7. The number of nitrogens with zero attached hydrogens (tertiary/aromatic N) is 3. The van der Waals surface area contributed by atoms with E-state index in [0.717, 1.165) is 11.3 Å². The smallest absolute Gasteiger partial charge is 0.262 e. The van der Waals surface area contributed by atoms with Crippen LogP contribution in [0.2, 0.25) is 5.02 Å². The summed E-state index contributed by atoms with van der Waals surface area (Å²) in [6, 6.07) is 16.2. The number of carbonyl (C=O) groups is 2. The average molecular weight is 497 g/mol. The zero-order chi connectivity index (χ0) is 23.7. The van der Waals surface area contributed by atoms with Crippen LogP contribution < -0.4 is 5.32 Å². The van der Waals surface area contributed by atoms with Crippen molar-refractivity contribution < 1.29 is 18.4 Å². The Morgan fingerprint density at radius 3 is 2.65 bits per heavy atom. The second-order valence-electron chi connectivity index (χ2n) is 7.73. The molecule has 0 saturated heterocycles.